The minimum atomic E-state index is -1.15. The fraction of sp³-hybridized carbons (Fsp3) is 0.235. The third kappa shape index (κ3) is 4.73. The van der Waals surface area contributed by atoms with E-state index in [9.17, 15) is 9.90 Å². The number of aliphatic hydroxyl groups is 1. The van der Waals surface area contributed by atoms with E-state index in [1.165, 1.54) is 23.1 Å². The van der Waals surface area contributed by atoms with Crippen molar-refractivity contribution in [3.8, 4) is 5.88 Å². The lowest BCUT2D eigenvalue weighted by Crippen LogP contribution is -2.18. The summed E-state index contributed by atoms with van der Waals surface area (Å²) in [5.74, 6) is 0.682. The number of hydrogen-bond acceptors (Lipinski definition) is 9. The summed E-state index contributed by atoms with van der Waals surface area (Å²) in [4.78, 5) is 15.9. The SMILES string of the molecule is O=C(O)Nc1nc2ccc(Sc3nnc4ccc(OCC(O)CCCl)nn34)cc2s1. The summed E-state index contributed by atoms with van der Waals surface area (Å²) >= 11 is 8.21. The number of alkyl halides is 1. The Hall–Kier alpha value is -2.67. The summed E-state index contributed by atoms with van der Waals surface area (Å²) in [6, 6.07) is 8.95. The van der Waals surface area contributed by atoms with Gasteiger partial charge in [-0.25, -0.2) is 9.78 Å². The van der Waals surface area contributed by atoms with Crippen LogP contribution in [0.25, 0.3) is 15.9 Å². The first-order valence-corrected chi connectivity index (χ1v) is 10.9. The first kappa shape index (κ1) is 20.6. The smallest absolute Gasteiger partial charge is 0.410 e. The van der Waals surface area contributed by atoms with Gasteiger partial charge in [0.05, 0.1) is 16.3 Å². The average molecular weight is 467 g/mol. The van der Waals surface area contributed by atoms with Crippen molar-refractivity contribution < 1.29 is 19.7 Å². The van der Waals surface area contributed by atoms with Crippen molar-refractivity contribution in [1.29, 1.82) is 0 Å². The number of fused-ring (bicyclic) bond motifs is 2. The molecule has 0 saturated heterocycles. The van der Waals surface area contributed by atoms with Crippen LogP contribution >= 0.6 is 34.7 Å². The molecule has 1 aromatic carbocycles. The van der Waals surface area contributed by atoms with Crippen LogP contribution in [0.1, 0.15) is 6.42 Å². The topological polar surface area (TPSA) is 135 Å². The Morgan fingerprint density at radius 3 is 3.00 bits per heavy atom. The molecule has 4 rings (SSSR count). The van der Waals surface area contributed by atoms with Crippen LogP contribution < -0.4 is 10.1 Å². The Labute approximate surface area is 182 Å². The number of nitrogens with zero attached hydrogens (tertiary/aromatic N) is 5. The lowest BCUT2D eigenvalue weighted by Gasteiger charge is -2.10. The van der Waals surface area contributed by atoms with Gasteiger partial charge in [0.25, 0.3) is 0 Å². The zero-order valence-electron chi connectivity index (χ0n) is 15.2. The molecule has 156 valence electrons. The molecule has 1 amide bonds. The predicted molar refractivity (Wildman–Crippen MR) is 113 cm³/mol. The minimum Gasteiger partial charge on any atom is -0.474 e. The molecule has 0 fully saturated rings. The van der Waals surface area contributed by atoms with Gasteiger partial charge in [0.15, 0.2) is 10.8 Å². The van der Waals surface area contributed by atoms with Crippen LogP contribution in [0.3, 0.4) is 0 Å². The van der Waals surface area contributed by atoms with Crippen LogP contribution in [0.5, 0.6) is 5.88 Å². The summed E-state index contributed by atoms with van der Waals surface area (Å²) in [5, 5.41) is 34.3. The molecule has 3 N–H and O–H groups in total. The molecule has 1 unspecified atom stereocenters. The number of ether oxygens (including phenoxy) is 1. The average Bonchev–Trinajstić information content (AvgIpc) is 3.29. The summed E-state index contributed by atoms with van der Waals surface area (Å²) in [7, 11) is 0. The first-order valence-electron chi connectivity index (χ1n) is 8.69. The standard InChI is InChI=1S/C17H15ClN6O4S2/c18-6-5-9(25)8-28-14-4-3-13-21-22-16(24(13)23-14)29-10-1-2-11-12(7-10)30-15(19-11)20-17(26)27/h1-4,7,9,25H,5-6,8H2,(H,19,20)(H,26,27). The summed E-state index contributed by atoms with van der Waals surface area (Å²) in [6.07, 6.45) is -1.39. The Bertz CT molecular complexity index is 1200. The lowest BCUT2D eigenvalue weighted by atomic mass is 10.3. The predicted octanol–water partition coefficient (Wildman–Crippen LogP) is 3.34. The van der Waals surface area contributed by atoms with Crippen LogP contribution in [0.2, 0.25) is 0 Å². The highest BCUT2D eigenvalue weighted by molar-refractivity contribution is 7.99. The van der Waals surface area contributed by atoms with Crippen molar-refractivity contribution in [3.63, 3.8) is 0 Å². The van der Waals surface area contributed by atoms with Crippen LogP contribution in [0, 0.1) is 0 Å². The van der Waals surface area contributed by atoms with E-state index in [0.29, 0.717) is 39.6 Å². The molecule has 4 aromatic rings. The van der Waals surface area contributed by atoms with Crippen molar-refractivity contribution in [2.75, 3.05) is 17.8 Å². The number of halogens is 1. The van der Waals surface area contributed by atoms with Gasteiger partial charge in [-0.05, 0) is 42.4 Å². The summed E-state index contributed by atoms with van der Waals surface area (Å²) in [5.41, 5.74) is 1.25. The van der Waals surface area contributed by atoms with Crippen molar-refractivity contribution in [2.45, 2.75) is 22.6 Å². The van der Waals surface area contributed by atoms with Gasteiger partial charge >= 0.3 is 6.09 Å². The number of aliphatic hydroxyl groups excluding tert-OH is 1. The van der Waals surface area contributed by atoms with Crippen molar-refractivity contribution in [2.24, 2.45) is 0 Å². The molecule has 3 heterocycles. The molecule has 0 aliphatic rings. The molecule has 30 heavy (non-hydrogen) atoms. The van der Waals surface area contributed by atoms with Crippen LogP contribution in [-0.4, -0.2) is 59.7 Å². The molecule has 3 aromatic heterocycles. The highest BCUT2D eigenvalue weighted by Gasteiger charge is 2.13. The number of anilines is 1. The van der Waals surface area contributed by atoms with E-state index >= 15 is 0 Å². The van der Waals surface area contributed by atoms with Crippen LogP contribution in [-0.2, 0) is 0 Å². The second kappa shape index (κ2) is 9.00. The highest BCUT2D eigenvalue weighted by Crippen LogP contribution is 2.33. The number of benzene rings is 1. The molecule has 0 bridgehead atoms. The van der Waals surface area contributed by atoms with Crippen molar-refractivity contribution in [3.05, 3.63) is 30.3 Å². The van der Waals surface area contributed by atoms with Crippen LogP contribution in [0.15, 0.2) is 40.4 Å². The van der Waals surface area contributed by atoms with Crippen molar-refractivity contribution in [1.82, 2.24) is 24.8 Å². The number of nitrogens with one attached hydrogen (secondary N) is 1. The van der Waals surface area contributed by atoms with E-state index in [1.807, 2.05) is 18.2 Å². The second-order valence-corrected chi connectivity index (χ2v) is 8.50. The zero-order valence-corrected chi connectivity index (χ0v) is 17.6. The highest BCUT2D eigenvalue weighted by atomic mass is 35.5. The van der Waals surface area contributed by atoms with Gasteiger partial charge in [0.2, 0.25) is 11.0 Å². The number of hydrogen-bond donors (Lipinski definition) is 3. The Morgan fingerprint density at radius 2 is 2.20 bits per heavy atom. The molecular formula is C17H15ClN6O4S2. The molecule has 0 aliphatic carbocycles. The van der Waals surface area contributed by atoms with Crippen molar-refractivity contribution >= 4 is 61.8 Å². The molecule has 0 spiro atoms. The van der Waals surface area contributed by atoms with E-state index < -0.39 is 12.2 Å². The Morgan fingerprint density at radius 1 is 1.33 bits per heavy atom. The third-order valence-electron chi connectivity index (χ3n) is 3.86. The largest absolute Gasteiger partial charge is 0.474 e. The maximum Gasteiger partial charge on any atom is 0.410 e. The molecule has 10 nitrogen and oxygen atoms in total. The van der Waals surface area contributed by atoms with Gasteiger partial charge in [-0.2, -0.15) is 4.52 Å². The Kier molecular flexibility index (Phi) is 6.18. The summed E-state index contributed by atoms with van der Waals surface area (Å²) in [6.45, 7) is 0.0879. The van der Waals surface area contributed by atoms with E-state index in [4.69, 9.17) is 21.4 Å². The molecular weight excluding hydrogens is 452 g/mol. The van der Waals surface area contributed by atoms with Gasteiger partial charge in [0.1, 0.15) is 6.61 Å². The quantitative estimate of drug-likeness (QED) is 0.334. The zero-order chi connectivity index (χ0) is 21.1. The van der Waals surface area contributed by atoms with Gasteiger partial charge in [0, 0.05) is 16.8 Å². The number of carbonyl (C=O) groups is 1. The number of amides is 1. The fourth-order valence-corrected chi connectivity index (χ4v) is 4.55. The first-order chi connectivity index (χ1) is 14.5. The molecule has 0 saturated carbocycles. The lowest BCUT2D eigenvalue weighted by molar-refractivity contribution is 0.102. The second-order valence-electron chi connectivity index (χ2n) is 6.05. The third-order valence-corrected chi connectivity index (χ3v) is 5.94. The molecule has 13 heteroatoms. The maximum absolute atomic E-state index is 10.8. The molecule has 0 radical (unpaired) electrons. The molecule has 0 aliphatic heterocycles. The Balaban J connectivity index is 1.54. The van der Waals surface area contributed by atoms with Crippen LogP contribution in [0.4, 0.5) is 9.93 Å². The normalized spacial score (nSPS) is 12.3. The van der Waals surface area contributed by atoms with E-state index in [-0.39, 0.29) is 6.61 Å². The minimum absolute atomic E-state index is 0.0879. The summed E-state index contributed by atoms with van der Waals surface area (Å²) < 4.78 is 7.92. The number of thiazole rings is 1. The van der Waals surface area contributed by atoms with E-state index in [1.54, 1.807) is 16.6 Å². The maximum atomic E-state index is 10.8. The number of rotatable bonds is 8. The van der Waals surface area contributed by atoms with Gasteiger partial charge in [-0.1, -0.05) is 11.3 Å². The van der Waals surface area contributed by atoms with E-state index in [2.05, 4.69) is 25.6 Å². The van der Waals surface area contributed by atoms with E-state index in [0.717, 1.165) is 9.60 Å². The number of aromatic nitrogens is 5. The number of carboxylic acid groups (broad SMARTS) is 1. The van der Waals surface area contributed by atoms with Gasteiger partial charge in [-0.3, -0.25) is 5.32 Å². The van der Waals surface area contributed by atoms with Gasteiger partial charge in [-0.15, -0.1) is 26.9 Å². The monoisotopic (exact) mass is 466 g/mol. The fourth-order valence-electron chi connectivity index (χ4n) is 2.50. The van der Waals surface area contributed by atoms with Gasteiger partial charge < -0.3 is 14.9 Å². The molecule has 1 atom stereocenters.